The maximum Gasteiger partial charge on any atom is 0.264 e. The van der Waals surface area contributed by atoms with Crippen molar-refractivity contribution in [3.8, 4) is 11.5 Å². The second-order valence-corrected chi connectivity index (χ2v) is 6.18. The summed E-state index contributed by atoms with van der Waals surface area (Å²) in [5.74, 6) is 1.28. The van der Waals surface area contributed by atoms with E-state index in [1.54, 1.807) is 7.11 Å². The number of aryl methyl sites for hydroxylation is 1. The summed E-state index contributed by atoms with van der Waals surface area (Å²) in [7, 11) is 1.62. The predicted molar refractivity (Wildman–Crippen MR) is 96.1 cm³/mol. The Balaban J connectivity index is 1.64. The van der Waals surface area contributed by atoms with Crippen LogP contribution in [0.4, 0.5) is 5.13 Å². The van der Waals surface area contributed by atoms with Gasteiger partial charge in [-0.15, -0.1) is 0 Å². The van der Waals surface area contributed by atoms with E-state index in [4.69, 9.17) is 9.47 Å². The van der Waals surface area contributed by atoms with Crippen LogP contribution in [-0.2, 0) is 11.2 Å². The largest absolute Gasteiger partial charge is 0.497 e. The molecule has 5 nitrogen and oxygen atoms in total. The summed E-state index contributed by atoms with van der Waals surface area (Å²) in [6.07, 6.45) is 0.859. The minimum atomic E-state index is -0.230. The number of anilines is 1. The second kappa shape index (κ2) is 7.31. The maximum atomic E-state index is 12.1. The number of hydrogen-bond donors (Lipinski definition) is 1. The first kappa shape index (κ1) is 16.3. The van der Waals surface area contributed by atoms with E-state index in [-0.39, 0.29) is 12.5 Å². The van der Waals surface area contributed by atoms with Crippen molar-refractivity contribution in [1.82, 2.24) is 4.98 Å². The number of aromatic nitrogens is 1. The summed E-state index contributed by atoms with van der Waals surface area (Å²) in [6.45, 7) is 2.01. The molecule has 0 saturated heterocycles. The number of nitrogens with zero attached hydrogens (tertiary/aromatic N) is 1. The van der Waals surface area contributed by atoms with Crippen LogP contribution in [0.2, 0.25) is 0 Å². The fraction of sp³-hybridized carbons (Fsp3) is 0.222. The average molecular weight is 342 g/mol. The zero-order valence-corrected chi connectivity index (χ0v) is 14.4. The molecule has 3 rings (SSSR count). The highest BCUT2D eigenvalue weighted by Crippen LogP contribution is 2.29. The first-order valence-electron chi connectivity index (χ1n) is 7.64. The van der Waals surface area contributed by atoms with Gasteiger partial charge in [-0.2, -0.15) is 0 Å². The van der Waals surface area contributed by atoms with Crippen LogP contribution < -0.4 is 14.8 Å². The Morgan fingerprint density at radius 3 is 2.88 bits per heavy atom. The SMILES string of the molecule is CCc1ccccc1OCC(=O)Nc1nc2ccc(OC)cc2s1. The Labute approximate surface area is 144 Å². The van der Waals surface area contributed by atoms with Gasteiger partial charge in [0, 0.05) is 0 Å². The van der Waals surface area contributed by atoms with Gasteiger partial charge in [0.1, 0.15) is 11.5 Å². The highest BCUT2D eigenvalue weighted by Gasteiger charge is 2.10. The Kier molecular flexibility index (Phi) is 4.96. The Morgan fingerprint density at radius 2 is 2.08 bits per heavy atom. The lowest BCUT2D eigenvalue weighted by Crippen LogP contribution is -2.20. The topological polar surface area (TPSA) is 60.5 Å². The normalized spacial score (nSPS) is 10.6. The number of fused-ring (bicyclic) bond motifs is 1. The number of thiazole rings is 1. The molecular formula is C18H18N2O3S. The summed E-state index contributed by atoms with van der Waals surface area (Å²) < 4.78 is 11.8. The highest BCUT2D eigenvalue weighted by atomic mass is 32.1. The van der Waals surface area contributed by atoms with E-state index in [1.165, 1.54) is 11.3 Å². The molecule has 0 saturated carbocycles. The van der Waals surface area contributed by atoms with Gasteiger partial charge in [-0.1, -0.05) is 36.5 Å². The molecule has 0 aliphatic rings. The molecule has 0 bridgehead atoms. The molecule has 0 radical (unpaired) electrons. The number of para-hydroxylation sites is 1. The number of hydrogen-bond acceptors (Lipinski definition) is 5. The Hall–Kier alpha value is -2.60. The van der Waals surface area contributed by atoms with Crippen LogP contribution in [0, 0.1) is 0 Å². The van der Waals surface area contributed by atoms with Gasteiger partial charge in [0.05, 0.1) is 17.3 Å². The molecule has 0 atom stereocenters. The fourth-order valence-electron chi connectivity index (χ4n) is 2.32. The van der Waals surface area contributed by atoms with Gasteiger partial charge in [-0.05, 0) is 36.2 Å². The molecular weight excluding hydrogens is 324 g/mol. The van der Waals surface area contributed by atoms with Gasteiger partial charge < -0.3 is 9.47 Å². The summed E-state index contributed by atoms with van der Waals surface area (Å²) in [4.78, 5) is 16.5. The van der Waals surface area contributed by atoms with E-state index in [0.29, 0.717) is 5.13 Å². The van der Waals surface area contributed by atoms with Crippen molar-refractivity contribution in [2.75, 3.05) is 19.0 Å². The van der Waals surface area contributed by atoms with Crippen LogP contribution in [0.25, 0.3) is 10.2 Å². The third kappa shape index (κ3) is 3.65. The molecule has 0 aliphatic heterocycles. The van der Waals surface area contributed by atoms with Crippen molar-refractivity contribution in [3.63, 3.8) is 0 Å². The molecule has 1 amide bonds. The molecule has 1 N–H and O–H groups in total. The van der Waals surface area contributed by atoms with Crippen LogP contribution in [0.5, 0.6) is 11.5 Å². The third-order valence-electron chi connectivity index (χ3n) is 3.55. The highest BCUT2D eigenvalue weighted by molar-refractivity contribution is 7.22. The number of carbonyl (C=O) groups excluding carboxylic acids is 1. The second-order valence-electron chi connectivity index (χ2n) is 5.15. The van der Waals surface area contributed by atoms with Crippen LogP contribution in [0.3, 0.4) is 0 Å². The molecule has 24 heavy (non-hydrogen) atoms. The first-order valence-corrected chi connectivity index (χ1v) is 8.46. The van der Waals surface area contributed by atoms with Gasteiger partial charge in [0.15, 0.2) is 11.7 Å². The number of benzene rings is 2. The number of nitrogens with one attached hydrogen (secondary N) is 1. The molecule has 0 aliphatic carbocycles. The van der Waals surface area contributed by atoms with Crippen molar-refractivity contribution >= 4 is 32.6 Å². The number of amides is 1. The van der Waals surface area contributed by atoms with Gasteiger partial charge in [0.2, 0.25) is 0 Å². The molecule has 3 aromatic rings. The van der Waals surface area contributed by atoms with Crippen LogP contribution in [0.1, 0.15) is 12.5 Å². The van der Waals surface area contributed by atoms with Crippen molar-refractivity contribution in [2.24, 2.45) is 0 Å². The lowest BCUT2D eigenvalue weighted by atomic mass is 10.1. The maximum absolute atomic E-state index is 12.1. The summed E-state index contributed by atoms with van der Waals surface area (Å²) in [5, 5.41) is 3.33. The van der Waals surface area contributed by atoms with E-state index >= 15 is 0 Å². The van der Waals surface area contributed by atoms with Gasteiger partial charge in [-0.25, -0.2) is 4.98 Å². The lowest BCUT2D eigenvalue weighted by Gasteiger charge is -2.09. The van der Waals surface area contributed by atoms with Crippen LogP contribution in [-0.4, -0.2) is 24.6 Å². The summed E-state index contributed by atoms with van der Waals surface area (Å²) >= 11 is 1.41. The van der Waals surface area contributed by atoms with Crippen molar-refractivity contribution in [1.29, 1.82) is 0 Å². The molecule has 1 heterocycles. The Bertz CT molecular complexity index is 860. The lowest BCUT2D eigenvalue weighted by molar-refractivity contribution is -0.118. The van der Waals surface area contributed by atoms with Gasteiger partial charge in [0.25, 0.3) is 5.91 Å². The molecule has 1 aromatic heterocycles. The van der Waals surface area contributed by atoms with Crippen molar-refractivity contribution in [2.45, 2.75) is 13.3 Å². The zero-order valence-electron chi connectivity index (χ0n) is 13.5. The third-order valence-corrected chi connectivity index (χ3v) is 4.49. The van der Waals surface area contributed by atoms with E-state index in [2.05, 4.69) is 17.2 Å². The van der Waals surface area contributed by atoms with E-state index in [1.807, 2.05) is 42.5 Å². The molecule has 0 fully saturated rings. The average Bonchev–Trinajstić information content (AvgIpc) is 3.01. The molecule has 0 unspecified atom stereocenters. The summed E-state index contributed by atoms with van der Waals surface area (Å²) in [5.41, 5.74) is 1.91. The quantitative estimate of drug-likeness (QED) is 0.738. The molecule has 6 heteroatoms. The number of ether oxygens (including phenoxy) is 2. The van der Waals surface area contributed by atoms with Gasteiger partial charge in [-0.3, -0.25) is 10.1 Å². The van der Waals surface area contributed by atoms with E-state index < -0.39 is 0 Å². The van der Waals surface area contributed by atoms with Crippen molar-refractivity contribution in [3.05, 3.63) is 48.0 Å². The predicted octanol–water partition coefficient (Wildman–Crippen LogP) is 3.88. The van der Waals surface area contributed by atoms with Crippen LogP contribution in [0.15, 0.2) is 42.5 Å². The minimum Gasteiger partial charge on any atom is -0.497 e. The monoisotopic (exact) mass is 342 g/mol. The fourth-order valence-corrected chi connectivity index (χ4v) is 3.23. The Morgan fingerprint density at radius 1 is 1.25 bits per heavy atom. The van der Waals surface area contributed by atoms with E-state index in [9.17, 15) is 4.79 Å². The van der Waals surface area contributed by atoms with Gasteiger partial charge >= 0.3 is 0 Å². The number of rotatable bonds is 6. The minimum absolute atomic E-state index is 0.0454. The summed E-state index contributed by atoms with van der Waals surface area (Å²) in [6, 6.07) is 13.3. The smallest absolute Gasteiger partial charge is 0.264 e. The van der Waals surface area contributed by atoms with E-state index in [0.717, 1.165) is 33.7 Å². The van der Waals surface area contributed by atoms with Crippen LogP contribution >= 0.6 is 11.3 Å². The molecule has 2 aromatic carbocycles. The zero-order chi connectivity index (χ0) is 16.9. The van der Waals surface area contributed by atoms with Crippen molar-refractivity contribution < 1.29 is 14.3 Å². The molecule has 124 valence electrons. The first-order chi connectivity index (χ1) is 11.7. The number of methoxy groups -OCH3 is 1. The number of carbonyl (C=O) groups is 1. The standard InChI is InChI=1S/C18H18N2O3S/c1-3-12-6-4-5-7-15(12)23-11-17(21)20-18-19-14-9-8-13(22-2)10-16(14)24-18/h4-10H,3,11H2,1-2H3,(H,19,20,21). The molecule has 0 spiro atoms.